The zero-order valence-corrected chi connectivity index (χ0v) is 14.4. The van der Waals surface area contributed by atoms with Gasteiger partial charge in [-0.3, -0.25) is 4.79 Å². The van der Waals surface area contributed by atoms with Crippen LogP contribution in [0, 0.1) is 0 Å². The number of ether oxygens (including phenoxy) is 1. The molecule has 3 rings (SSSR count). The standard InChI is InChI=1S/C19H19NO4S/c21-18(15-10-11-16(24-15)19(22)23)20-12-13-6-4-5-9-17(13)25-14-7-2-1-3-8-14/h1-9,15-16H,10-12H2,(H,20,21)(H,22,23)/t15-,16+/m0/s1. The number of benzene rings is 2. The maximum Gasteiger partial charge on any atom is 0.332 e. The summed E-state index contributed by atoms with van der Waals surface area (Å²) < 4.78 is 5.28. The first kappa shape index (κ1) is 17.5. The van der Waals surface area contributed by atoms with Gasteiger partial charge in [-0.1, -0.05) is 48.2 Å². The van der Waals surface area contributed by atoms with Gasteiger partial charge >= 0.3 is 5.97 Å². The number of aliphatic carboxylic acids is 1. The molecule has 1 fully saturated rings. The Kier molecular flexibility index (Phi) is 5.73. The van der Waals surface area contributed by atoms with Crippen molar-refractivity contribution < 1.29 is 19.4 Å². The third-order valence-electron chi connectivity index (χ3n) is 3.98. The largest absolute Gasteiger partial charge is 0.479 e. The molecule has 2 aromatic carbocycles. The van der Waals surface area contributed by atoms with Crippen LogP contribution in [0.4, 0.5) is 0 Å². The van der Waals surface area contributed by atoms with Crippen LogP contribution in [-0.4, -0.2) is 29.2 Å². The first-order valence-corrected chi connectivity index (χ1v) is 8.92. The molecule has 1 saturated heterocycles. The SMILES string of the molecule is O=C(NCc1ccccc1Sc1ccccc1)[C@@H]1CC[C@H](C(=O)O)O1. The van der Waals surface area contributed by atoms with E-state index >= 15 is 0 Å². The van der Waals surface area contributed by atoms with E-state index in [1.54, 1.807) is 11.8 Å². The van der Waals surface area contributed by atoms with Crippen molar-refractivity contribution in [2.75, 3.05) is 0 Å². The van der Waals surface area contributed by atoms with Crippen molar-refractivity contribution in [1.29, 1.82) is 0 Å². The van der Waals surface area contributed by atoms with Crippen molar-refractivity contribution in [2.24, 2.45) is 0 Å². The molecule has 5 nitrogen and oxygen atoms in total. The lowest BCUT2D eigenvalue weighted by Crippen LogP contribution is -2.35. The number of carboxylic acid groups (broad SMARTS) is 1. The van der Waals surface area contributed by atoms with Gasteiger partial charge in [0.25, 0.3) is 0 Å². The van der Waals surface area contributed by atoms with Gasteiger partial charge in [0, 0.05) is 16.3 Å². The lowest BCUT2D eigenvalue weighted by molar-refractivity contribution is -0.151. The van der Waals surface area contributed by atoms with Gasteiger partial charge in [0.15, 0.2) is 6.10 Å². The predicted molar refractivity (Wildman–Crippen MR) is 94.4 cm³/mol. The fourth-order valence-corrected chi connectivity index (χ4v) is 3.64. The van der Waals surface area contributed by atoms with Crippen LogP contribution in [0.15, 0.2) is 64.4 Å². The Bertz CT molecular complexity index is 750. The van der Waals surface area contributed by atoms with Crippen molar-refractivity contribution in [3.63, 3.8) is 0 Å². The highest BCUT2D eigenvalue weighted by atomic mass is 32.2. The highest BCUT2D eigenvalue weighted by Crippen LogP contribution is 2.30. The molecule has 1 aliphatic rings. The second-order valence-electron chi connectivity index (χ2n) is 5.77. The zero-order chi connectivity index (χ0) is 17.6. The molecular weight excluding hydrogens is 338 g/mol. The molecule has 1 heterocycles. The minimum atomic E-state index is -1.01. The second kappa shape index (κ2) is 8.18. The molecule has 6 heteroatoms. The number of carbonyl (C=O) groups is 2. The summed E-state index contributed by atoms with van der Waals surface area (Å²) in [5.41, 5.74) is 1.01. The van der Waals surface area contributed by atoms with Gasteiger partial charge in [-0.2, -0.15) is 0 Å². The van der Waals surface area contributed by atoms with Crippen LogP contribution in [0.3, 0.4) is 0 Å². The van der Waals surface area contributed by atoms with Gasteiger partial charge in [-0.15, -0.1) is 0 Å². The van der Waals surface area contributed by atoms with Crippen LogP contribution in [0.5, 0.6) is 0 Å². The molecule has 0 aliphatic carbocycles. The van der Waals surface area contributed by atoms with E-state index in [-0.39, 0.29) is 5.91 Å². The van der Waals surface area contributed by atoms with Crippen LogP contribution < -0.4 is 5.32 Å². The number of nitrogens with one attached hydrogen (secondary N) is 1. The maximum atomic E-state index is 12.2. The first-order valence-electron chi connectivity index (χ1n) is 8.10. The van der Waals surface area contributed by atoms with E-state index in [9.17, 15) is 9.59 Å². The molecule has 2 atom stereocenters. The normalized spacial score (nSPS) is 19.5. The van der Waals surface area contributed by atoms with E-state index in [1.165, 1.54) is 0 Å². The van der Waals surface area contributed by atoms with Gasteiger partial charge in [0.1, 0.15) is 6.10 Å². The van der Waals surface area contributed by atoms with Crippen LogP contribution in [-0.2, 0) is 20.9 Å². The number of carboxylic acids is 1. The van der Waals surface area contributed by atoms with Crippen molar-refractivity contribution in [2.45, 2.75) is 41.4 Å². The highest BCUT2D eigenvalue weighted by Gasteiger charge is 2.34. The van der Waals surface area contributed by atoms with Gasteiger partial charge in [-0.05, 0) is 36.6 Å². The molecule has 2 aromatic rings. The topological polar surface area (TPSA) is 75.6 Å². The first-order chi connectivity index (χ1) is 12.1. The molecule has 0 bridgehead atoms. The predicted octanol–water partition coefficient (Wildman–Crippen LogP) is 3.09. The van der Waals surface area contributed by atoms with Crippen molar-refractivity contribution in [3.8, 4) is 0 Å². The Labute approximate surface area is 150 Å². The average molecular weight is 357 g/mol. The molecule has 130 valence electrons. The molecule has 2 N–H and O–H groups in total. The van der Waals surface area contributed by atoms with Gasteiger partial charge < -0.3 is 15.2 Å². The van der Waals surface area contributed by atoms with Crippen molar-refractivity contribution >= 4 is 23.6 Å². The smallest absolute Gasteiger partial charge is 0.332 e. The number of rotatable bonds is 6. The summed E-state index contributed by atoms with van der Waals surface area (Å²) in [6.45, 7) is 0.381. The fraction of sp³-hybridized carbons (Fsp3) is 0.263. The minimum Gasteiger partial charge on any atom is -0.479 e. The number of carbonyl (C=O) groups excluding carboxylic acids is 1. The summed E-state index contributed by atoms with van der Waals surface area (Å²) in [6.07, 6.45) is -0.761. The lowest BCUT2D eigenvalue weighted by Gasteiger charge is -2.14. The summed E-state index contributed by atoms with van der Waals surface area (Å²) in [5.74, 6) is -1.27. The molecule has 25 heavy (non-hydrogen) atoms. The van der Waals surface area contributed by atoms with E-state index in [0.717, 1.165) is 15.4 Å². The summed E-state index contributed by atoms with van der Waals surface area (Å²) in [6, 6.07) is 17.9. The number of amides is 1. The van der Waals surface area contributed by atoms with Crippen LogP contribution >= 0.6 is 11.8 Å². The number of hydrogen-bond acceptors (Lipinski definition) is 4. The minimum absolute atomic E-state index is 0.261. The van der Waals surface area contributed by atoms with Gasteiger partial charge in [0.2, 0.25) is 5.91 Å². The lowest BCUT2D eigenvalue weighted by atomic mass is 10.2. The molecule has 0 spiro atoms. The van der Waals surface area contributed by atoms with Crippen LogP contribution in [0.1, 0.15) is 18.4 Å². The Balaban J connectivity index is 1.60. The maximum absolute atomic E-state index is 12.2. The molecular formula is C19H19NO4S. The van der Waals surface area contributed by atoms with E-state index in [2.05, 4.69) is 5.32 Å². The van der Waals surface area contributed by atoms with E-state index in [4.69, 9.17) is 9.84 Å². The fourth-order valence-electron chi connectivity index (χ4n) is 2.67. The Morgan fingerprint density at radius 1 is 1.04 bits per heavy atom. The summed E-state index contributed by atoms with van der Waals surface area (Å²) in [5, 5.41) is 11.8. The quantitative estimate of drug-likeness (QED) is 0.831. The monoisotopic (exact) mass is 357 g/mol. The average Bonchev–Trinajstić information content (AvgIpc) is 3.12. The molecule has 0 radical (unpaired) electrons. The van der Waals surface area contributed by atoms with Gasteiger partial charge in [-0.25, -0.2) is 4.79 Å². The molecule has 0 unspecified atom stereocenters. The number of hydrogen-bond donors (Lipinski definition) is 2. The molecule has 1 amide bonds. The van der Waals surface area contributed by atoms with Crippen molar-refractivity contribution in [3.05, 3.63) is 60.2 Å². The summed E-state index contributed by atoms with van der Waals surface area (Å²) in [7, 11) is 0. The third-order valence-corrected chi connectivity index (χ3v) is 5.11. The summed E-state index contributed by atoms with van der Waals surface area (Å²) >= 11 is 1.64. The molecule has 1 aliphatic heterocycles. The molecule has 0 saturated carbocycles. The Morgan fingerprint density at radius 2 is 1.72 bits per heavy atom. The van der Waals surface area contributed by atoms with Crippen molar-refractivity contribution in [1.82, 2.24) is 5.32 Å². The second-order valence-corrected chi connectivity index (χ2v) is 6.88. The zero-order valence-electron chi connectivity index (χ0n) is 13.6. The summed E-state index contributed by atoms with van der Waals surface area (Å²) in [4.78, 5) is 25.3. The van der Waals surface area contributed by atoms with E-state index < -0.39 is 18.2 Å². The van der Waals surface area contributed by atoms with E-state index in [0.29, 0.717) is 19.4 Å². The highest BCUT2D eigenvalue weighted by molar-refractivity contribution is 7.99. The van der Waals surface area contributed by atoms with Crippen LogP contribution in [0.25, 0.3) is 0 Å². The van der Waals surface area contributed by atoms with E-state index in [1.807, 2.05) is 54.6 Å². The van der Waals surface area contributed by atoms with Gasteiger partial charge in [0.05, 0.1) is 0 Å². The molecule has 0 aromatic heterocycles. The Morgan fingerprint density at radius 3 is 2.44 bits per heavy atom. The third kappa shape index (κ3) is 4.61. The Hall–Kier alpha value is -2.31. The van der Waals surface area contributed by atoms with Crippen LogP contribution in [0.2, 0.25) is 0 Å².